The summed E-state index contributed by atoms with van der Waals surface area (Å²) in [5.74, 6) is 0.497. The molecule has 0 saturated carbocycles. The Morgan fingerprint density at radius 3 is 3.00 bits per heavy atom. The van der Waals surface area contributed by atoms with Gasteiger partial charge in [-0.2, -0.15) is 0 Å². The van der Waals surface area contributed by atoms with E-state index < -0.39 is 0 Å². The first-order chi connectivity index (χ1) is 8.70. The molecule has 0 spiro atoms. The van der Waals surface area contributed by atoms with Crippen LogP contribution in [-0.4, -0.2) is 22.1 Å². The lowest BCUT2D eigenvalue weighted by Crippen LogP contribution is -2.15. The number of halogens is 1. The standard InChI is InChI=1S/C12H13ClN4O/c1-18-12-5-11(16-7-17-12)10(14)4-8-2-3-15-6-9(8)13/h2-3,5-7,10H,4,14H2,1H3. The van der Waals surface area contributed by atoms with E-state index in [0.29, 0.717) is 17.3 Å². The molecule has 2 aromatic heterocycles. The van der Waals surface area contributed by atoms with Crippen LogP contribution >= 0.6 is 11.6 Å². The van der Waals surface area contributed by atoms with Gasteiger partial charge in [0.25, 0.3) is 0 Å². The van der Waals surface area contributed by atoms with Crippen LogP contribution in [0.15, 0.2) is 30.9 Å². The lowest BCUT2D eigenvalue weighted by Gasteiger charge is -2.12. The lowest BCUT2D eigenvalue weighted by molar-refractivity contribution is 0.395. The Kier molecular flexibility index (Phi) is 4.07. The summed E-state index contributed by atoms with van der Waals surface area (Å²) in [7, 11) is 1.55. The molecular formula is C12H13ClN4O. The third kappa shape index (κ3) is 2.94. The van der Waals surface area contributed by atoms with Gasteiger partial charge in [-0.1, -0.05) is 11.6 Å². The topological polar surface area (TPSA) is 73.9 Å². The molecule has 0 fully saturated rings. The first kappa shape index (κ1) is 12.7. The minimum atomic E-state index is -0.262. The quantitative estimate of drug-likeness (QED) is 0.911. The van der Waals surface area contributed by atoms with Crippen molar-refractivity contribution >= 4 is 11.6 Å². The van der Waals surface area contributed by atoms with Crippen LogP contribution in [0.1, 0.15) is 17.3 Å². The van der Waals surface area contributed by atoms with Crippen molar-refractivity contribution < 1.29 is 4.74 Å². The van der Waals surface area contributed by atoms with Crippen molar-refractivity contribution in [3.8, 4) is 5.88 Å². The molecule has 5 nitrogen and oxygen atoms in total. The molecule has 0 bridgehead atoms. The normalized spacial score (nSPS) is 12.2. The van der Waals surface area contributed by atoms with Crippen molar-refractivity contribution in [2.45, 2.75) is 12.5 Å². The molecule has 1 atom stereocenters. The van der Waals surface area contributed by atoms with Gasteiger partial charge in [-0.25, -0.2) is 9.97 Å². The predicted octanol–water partition coefficient (Wildman–Crippen LogP) is 1.78. The van der Waals surface area contributed by atoms with Gasteiger partial charge in [0.05, 0.1) is 23.9 Å². The molecule has 94 valence electrons. The third-order valence-corrected chi connectivity index (χ3v) is 2.89. The molecule has 2 aromatic rings. The summed E-state index contributed by atoms with van der Waals surface area (Å²) in [4.78, 5) is 12.0. The summed E-state index contributed by atoms with van der Waals surface area (Å²) >= 11 is 6.04. The zero-order chi connectivity index (χ0) is 13.0. The molecule has 2 heterocycles. The van der Waals surface area contributed by atoms with Crippen LogP contribution in [0, 0.1) is 0 Å². The fraction of sp³-hybridized carbons (Fsp3) is 0.250. The van der Waals surface area contributed by atoms with Gasteiger partial charge < -0.3 is 10.5 Å². The number of hydrogen-bond acceptors (Lipinski definition) is 5. The number of nitrogens with zero attached hydrogens (tertiary/aromatic N) is 3. The van der Waals surface area contributed by atoms with Gasteiger partial charge in [0.15, 0.2) is 0 Å². The number of methoxy groups -OCH3 is 1. The molecule has 0 aliphatic rings. The third-order valence-electron chi connectivity index (χ3n) is 2.55. The van der Waals surface area contributed by atoms with Crippen LogP contribution in [0.2, 0.25) is 5.02 Å². The van der Waals surface area contributed by atoms with E-state index >= 15 is 0 Å². The zero-order valence-corrected chi connectivity index (χ0v) is 10.6. The molecular weight excluding hydrogens is 252 g/mol. The zero-order valence-electron chi connectivity index (χ0n) is 9.88. The van der Waals surface area contributed by atoms with Crippen LogP contribution in [0.5, 0.6) is 5.88 Å². The molecule has 2 rings (SSSR count). The van der Waals surface area contributed by atoms with Gasteiger partial charge >= 0.3 is 0 Å². The molecule has 0 radical (unpaired) electrons. The van der Waals surface area contributed by atoms with E-state index in [4.69, 9.17) is 22.1 Å². The first-order valence-corrected chi connectivity index (χ1v) is 5.78. The smallest absolute Gasteiger partial charge is 0.216 e. The summed E-state index contributed by atoms with van der Waals surface area (Å²) in [6.45, 7) is 0. The van der Waals surface area contributed by atoms with E-state index in [2.05, 4.69) is 15.0 Å². The molecule has 0 aromatic carbocycles. The van der Waals surface area contributed by atoms with Crippen molar-refractivity contribution in [1.82, 2.24) is 15.0 Å². The first-order valence-electron chi connectivity index (χ1n) is 5.40. The fourth-order valence-corrected chi connectivity index (χ4v) is 1.78. The second kappa shape index (κ2) is 5.75. The van der Waals surface area contributed by atoms with Gasteiger partial charge in [-0.3, -0.25) is 4.98 Å². The van der Waals surface area contributed by atoms with E-state index in [1.165, 1.54) is 6.33 Å². The van der Waals surface area contributed by atoms with Crippen molar-refractivity contribution in [2.24, 2.45) is 5.73 Å². The Labute approximate surface area is 110 Å². The van der Waals surface area contributed by atoms with Gasteiger partial charge in [0.2, 0.25) is 5.88 Å². The second-order valence-electron chi connectivity index (χ2n) is 3.76. The van der Waals surface area contributed by atoms with Crippen molar-refractivity contribution in [1.29, 1.82) is 0 Å². The van der Waals surface area contributed by atoms with Crippen LogP contribution in [0.4, 0.5) is 0 Å². The lowest BCUT2D eigenvalue weighted by atomic mass is 10.1. The number of rotatable bonds is 4. The summed E-state index contributed by atoms with van der Waals surface area (Å²) in [6.07, 6.45) is 5.31. The minimum Gasteiger partial charge on any atom is -0.481 e. The highest BCUT2D eigenvalue weighted by Gasteiger charge is 2.12. The highest BCUT2D eigenvalue weighted by molar-refractivity contribution is 6.31. The average Bonchev–Trinajstić information content (AvgIpc) is 2.41. The maximum Gasteiger partial charge on any atom is 0.216 e. The van der Waals surface area contributed by atoms with E-state index in [0.717, 1.165) is 11.3 Å². The molecule has 6 heteroatoms. The van der Waals surface area contributed by atoms with Crippen molar-refractivity contribution in [3.63, 3.8) is 0 Å². The number of nitrogens with two attached hydrogens (primary N) is 1. The Balaban J connectivity index is 2.16. The summed E-state index contributed by atoms with van der Waals surface area (Å²) in [5, 5.41) is 0.606. The predicted molar refractivity (Wildman–Crippen MR) is 68.5 cm³/mol. The fourth-order valence-electron chi connectivity index (χ4n) is 1.58. The highest BCUT2D eigenvalue weighted by atomic mass is 35.5. The summed E-state index contributed by atoms with van der Waals surface area (Å²) in [6, 6.07) is 3.31. The molecule has 1 unspecified atom stereocenters. The van der Waals surface area contributed by atoms with Gasteiger partial charge in [-0.05, 0) is 18.1 Å². The van der Waals surface area contributed by atoms with Crippen LogP contribution < -0.4 is 10.5 Å². The van der Waals surface area contributed by atoms with Gasteiger partial charge in [0.1, 0.15) is 6.33 Å². The van der Waals surface area contributed by atoms with E-state index in [1.54, 1.807) is 25.6 Å². The Morgan fingerprint density at radius 2 is 2.28 bits per heavy atom. The van der Waals surface area contributed by atoms with Gasteiger partial charge in [-0.15, -0.1) is 0 Å². The maximum absolute atomic E-state index is 6.09. The SMILES string of the molecule is COc1cc(C(N)Cc2ccncc2Cl)ncn1. The van der Waals surface area contributed by atoms with Crippen LogP contribution in [0.3, 0.4) is 0 Å². The largest absolute Gasteiger partial charge is 0.481 e. The Morgan fingerprint density at radius 1 is 1.44 bits per heavy atom. The highest BCUT2D eigenvalue weighted by Crippen LogP contribution is 2.21. The van der Waals surface area contributed by atoms with Crippen LogP contribution in [0.25, 0.3) is 0 Å². The average molecular weight is 265 g/mol. The summed E-state index contributed by atoms with van der Waals surface area (Å²) in [5.41, 5.74) is 7.75. The van der Waals surface area contributed by atoms with Crippen molar-refractivity contribution in [2.75, 3.05) is 7.11 Å². The number of hydrogen-bond donors (Lipinski definition) is 1. The molecule has 0 amide bonds. The molecule has 0 aliphatic heterocycles. The van der Waals surface area contributed by atoms with Gasteiger partial charge in [0, 0.05) is 18.5 Å². The molecule has 18 heavy (non-hydrogen) atoms. The Hall–Kier alpha value is -1.72. The molecule has 0 saturated heterocycles. The number of aromatic nitrogens is 3. The van der Waals surface area contributed by atoms with E-state index in [-0.39, 0.29) is 6.04 Å². The summed E-state index contributed by atoms with van der Waals surface area (Å²) < 4.78 is 5.04. The van der Waals surface area contributed by atoms with E-state index in [9.17, 15) is 0 Å². The van der Waals surface area contributed by atoms with Crippen molar-refractivity contribution in [3.05, 3.63) is 47.1 Å². The minimum absolute atomic E-state index is 0.262. The molecule has 0 aliphatic carbocycles. The Bertz CT molecular complexity index is 535. The molecule has 2 N–H and O–H groups in total. The number of ether oxygens (including phenoxy) is 1. The second-order valence-corrected chi connectivity index (χ2v) is 4.17. The monoisotopic (exact) mass is 264 g/mol. The van der Waals surface area contributed by atoms with Crippen LogP contribution in [-0.2, 0) is 6.42 Å². The number of pyridine rings is 1. The maximum atomic E-state index is 6.09. The van der Waals surface area contributed by atoms with E-state index in [1.807, 2.05) is 6.07 Å².